The summed E-state index contributed by atoms with van der Waals surface area (Å²) in [5.74, 6) is -4.55. The van der Waals surface area contributed by atoms with Crippen molar-refractivity contribution in [3.63, 3.8) is 0 Å². The second-order valence-corrected chi connectivity index (χ2v) is 16.4. The molecule has 2 aromatic rings. The number of hydrogen-bond donors (Lipinski definition) is 0. The van der Waals surface area contributed by atoms with Gasteiger partial charge in [-0.1, -0.05) is 12.1 Å². The van der Waals surface area contributed by atoms with E-state index in [9.17, 15) is 33.6 Å². The Hall–Kier alpha value is -6.07. The van der Waals surface area contributed by atoms with Gasteiger partial charge in [0.1, 0.15) is 6.10 Å². The van der Waals surface area contributed by atoms with Crippen LogP contribution in [0.4, 0.5) is 0 Å². The number of esters is 7. The molecule has 372 valence electrons. The van der Waals surface area contributed by atoms with Crippen molar-refractivity contribution in [3.8, 4) is 23.0 Å². The van der Waals surface area contributed by atoms with Gasteiger partial charge in [-0.15, -0.1) is 0 Å². The molecule has 2 aromatic carbocycles. The van der Waals surface area contributed by atoms with Crippen molar-refractivity contribution in [3.05, 3.63) is 47.5 Å². The molecule has 4 fully saturated rings. The number of ether oxygens (including phenoxy) is 15. The smallest absolute Gasteiger partial charge is 0.308 e. The van der Waals surface area contributed by atoms with E-state index in [2.05, 4.69) is 0 Å². The molecule has 4 aliphatic rings. The Morgan fingerprint density at radius 2 is 0.926 bits per heavy atom. The van der Waals surface area contributed by atoms with Crippen molar-refractivity contribution >= 4 is 41.8 Å². The number of fused-ring (bicyclic) bond motifs is 1. The lowest BCUT2D eigenvalue weighted by molar-refractivity contribution is -0.323. The molecule has 4 saturated heterocycles. The number of hydrogen-bond acceptors (Lipinski definition) is 22. The first-order valence-corrected chi connectivity index (χ1v) is 21.7. The van der Waals surface area contributed by atoms with Crippen LogP contribution in [0.15, 0.2) is 36.4 Å². The molecule has 0 aliphatic carbocycles. The third-order valence-corrected chi connectivity index (χ3v) is 11.3. The number of carbonyl (C=O) groups is 7. The molecule has 0 aromatic heterocycles. The van der Waals surface area contributed by atoms with Gasteiger partial charge in [0.2, 0.25) is 12.4 Å². The van der Waals surface area contributed by atoms with Crippen molar-refractivity contribution in [1.82, 2.24) is 0 Å². The van der Waals surface area contributed by atoms with Gasteiger partial charge >= 0.3 is 41.8 Å². The summed E-state index contributed by atoms with van der Waals surface area (Å²) in [6, 6.07) is 10.3. The zero-order valence-corrected chi connectivity index (χ0v) is 39.1. The minimum Gasteiger partial charge on any atom is -0.493 e. The van der Waals surface area contributed by atoms with Gasteiger partial charge in [0.25, 0.3) is 0 Å². The van der Waals surface area contributed by atoms with Crippen LogP contribution in [0.25, 0.3) is 0 Å². The number of carbonyl (C=O) groups excluding carboxylic acids is 7. The molecule has 4 heterocycles. The van der Waals surface area contributed by atoms with Crippen molar-refractivity contribution in [2.45, 2.75) is 129 Å². The first kappa shape index (κ1) is 51.3. The molecule has 6 rings (SSSR count). The van der Waals surface area contributed by atoms with Crippen LogP contribution in [0, 0.1) is 11.8 Å². The van der Waals surface area contributed by atoms with Crippen molar-refractivity contribution in [2.75, 3.05) is 34.0 Å². The standard InChI is InChI=1S/C46H56O22/c1-20-37(61-22(3)48)41(63-24(5)50)43(65-26(7)52)45(59-20)58-19-36-40(62-23(4)49)42(64-25(6)51)44(66-27(8)53)46(68-36)67-33-14-12-29(16-35(33)55-10)39-31-18-56-38(30(31)17-57-39)28-11-13-32(60-21(2)47)34(15-28)54-9/h11-16,20,30-31,36-46H,17-19H2,1-10H3. The van der Waals surface area contributed by atoms with E-state index < -0.39 is 116 Å². The SMILES string of the molecule is COc1cc(C2OCC3C(c4ccc(OC5OC(COC6OC(C)C(OC(C)=O)C(OC(C)=O)C6OC(C)=O)C(OC(C)=O)C(OC(C)=O)C5OC(C)=O)c(OC)c4)OCC23)ccc1OC(C)=O. The summed E-state index contributed by atoms with van der Waals surface area (Å²) < 4.78 is 87.5. The maximum absolute atomic E-state index is 12.7. The predicted octanol–water partition coefficient (Wildman–Crippen LogP) is 3.16. The summed E-state index contributed by atoms with van der Waals surface area (Å²) in [4.78, 5) is 86.2. The minimum atomic E-state index is -1.61. The van der Waals surface area contributed by atoms with Crippen LogP contribution >= 0.6 is 0 Å². The molecule has 0 radical (unpaired) electrons. The maximum Gasteiger partial charge on any atom is 0.308 e. The van der Waals surface area contributed by atoms with Gasteiger partial charge in [-0.25, -0.2) is 0 Å². The third kappa shape index (κ3) is 12.1. The molecule has 14 atom stereocenters. The summed E-state index contributed by atoms with van der Waals surface area (Å²) in [7, 11) is 2.89. The average Bonchev–Trinajstić information content (AvgIpc) is 3.87. The lowest BCUT2D eigenvalue weighted by Gasteiger charge is -2.46. The average molecular weight is 961 g/mol. The summed E-state index contributed by atoms with van der Waals surface area (Å²) in [5, 5.41) is 0. The summed E-state index contributed by atoms with van der Waals surface area (Å²) in [6.45, 7) is 9.59. The van der Waals surface area contributed by atoms with Crippen molar-refractivity contribution < 1.29 is 105 Å². The Morgan fingerprint density at radius 1 is 0.500 bits per heavy atom. The molecular formula is C46H56O22. The Kier molecular flexibility index (Phi) is 16.9. The molecule has 0 saturated carbocycles. The van der Waals surface area contributed by atoms with Gasteiger partial charge < -0.3 is 71.1 Å². The second kappa shape index (κ2) is 22.4. The topological polar surface area (TPSA) is 258 Å². The van der Waals surface area contributed by atoms with Crippen LogP contribution in [0.5, 0.6) is 23.0 Å². The highest BCUT2D eigenvalue weighted by Crippen LogP contribution is 2.52. The van der Waals surface area contributed by atoms with Crippen LogP contribution in [0.3, 0.4) is 0 Å². The molecule has 0 amide bonds. The molecule has 22 heteroatoms. The quantitative estimate of drug-likeness (QED) is 0.133. The fourth-order valence-corrected chi connectivity index (χ4v) is 8.80. The van der Waals surface area contributed by atoms with E-state index in [4.69, 9.17) is 71.1 Å². The van der Waals surface area contributed by atoms with Gasteiger partial charge in [-0.3, -0.25) is 33.6 Å². The maximum atomic E-state index is 12.7. The molecular weight excluding hydrogens is 904 g/mol. The zero-order chi connectivity index (χ0) is 49.6. The summed E-state index contributed by atoms with van der Waals surface area (Å²) >= 11 is 0. The van der Waals surface area contributed by atoms with Crippen LogP contribution in [0.2, 0.25) is 0 Å². The fraction of sp³-hybridized carbons (Fsp3) is 0.587. The Morgan fingerprint density at radius 3 is 1.41 bits per heavy atom. The monoisotopic (exact) mass is 960 g/mol. The van der Waals surface area contributed by atoms with Crippen LogP contribution in [0.1, 0.15) is 78.7 Å². The summed E-state index contributed by atoms with van der Waals surface area (Å²) in [5.41, 5.74) is 1.54. The van der Waals surface area contributed by atoms with E-state index in [0.717, 1.165) is 52.7 Å². The fourth-order valence-electron chi connectivity index (χ4n) is 8.80. The van der Waals surface area contributed by atoms with Crippen molar-refractivity contribution in [1.29, 1.82) is 0 Å². The summed E-state index contributed by atoms with van der Waals surface area (Å²) in [6.07, 6.45) is -15.1. The molecule has 0 bridgehead atoms. The van der Waals surface area contributed by atoms with Crippen molar-refractivity contribution in [2.24, 2.45) is 11.8 Å². The van der Waals surface area contributed by atoms with Gasteiger partial charge in [0.15, 0.2) is 59.8 Å². The first-order chi connectivity index (χ1) is 32.3. The van der Waals surface area contributed by atoms with Gasteiger partial charge in [-0.2, -0.15) is 0 Å². The highest BCUT2D eigenvalue weighted by atomic mass is 16.8. The van der Waals surface area contributed by atoms with Crippen LogP contribution < -0.4 is 18.9 Å². The number of rotatable bonds is 16. The van der Waals surface area contributed by atoms with Gasteiger partial charge in [-0.05, 0) is 42.3 Å². The normalized spacial score (nSPS) is 30.7. The van der Waals surface area contributed by atoms with E-state index in [1.807, 2.05) is 6.07 Å². The van der Waals surface area contributed by atoms with Crippen LogP contribution in [-0.2, 0) is 85.7 Å². The molecule has 0 spiro atoms. The highest BCUT2D eigenvalue weighted by Gasteiger charge is 2.56. The van der Waals surface area contributed by atoms with E-state index >= 15 is 0 Å². The molecule has 14 unspecified atom stereocenters. The Balaban J connectivity index is 1.27. The van der Waals surface area contributed by atoms with Gasteiger partial charge in [0, 0.05) is 60.3 Å². The lowest BCUT2D eigenvalue weighted by Crippen LogP contribution is -2.64. The Labute approximate surface area is 391 Å². The largest absolute Gasteiger partial charge is 0.493 e. The van der Waals surface area contributed by atoms with Gasteiger partial charge in [0.05, 0.1) is 52.4 Å². The molecule has 68 heavy (non-hydrogen) atoms. The minimum absolute atomic E-state index is 0.0526. The zero-order valence-electron chi connectivity index (χ0n) is 39.1. The van der Waals surface area contributed by atoms with E-state index in [-0.39, 0.29) is 35.2 Å². The second-order valence-electron chi connectivity index (χ2n) is 16.4. The third-order valence-electron chi connectivity index (χ3n) is 11.3. The number of methoxy groups -OCH3 is 2. The number of benzene rings is 2. The molecule has 0 N–H and O–H groups in total. The highest BCUT2D eigenvalue weighted by molar-refractivity contribution is 5.71. The lowest BCUT2D eigenvalue weighted by atomic mass is 9.85. The Bertz CT molecular complexity index is 2190. The van der Waals surface area contributed by atoms with E-state index in [0.29, 0.717) is 19.0 Å². The molecule has 4 aliphatic heterocycles. The first-order valence-electron chi connectivity index (χ1n) is 21.7. The van der Waals surface area contributed by atoms with E-state index in [1.165, 1.54) is 28.1 Å². The predicted molar refractivity (Wildman–Crippen MR) is 225 cm³/mol. The van der Waals surface area contributed by atoms with Crippen LogP contribution in [-0.4, -0.2) is 137 Å². The molecule has 22 nitrogen and oxygen atoms in total. The van der Waals surface area contributed by atoms with E-state index in [1.54, 1.807) is 30.3 Å².